The molecule has 11 heavy (non-hydrogen) atoms. The fourth-order valence-electron chi connectivity index (χ4n) is 1.51. The molecule has 57 valence electrons. The first-order valence-corrected chi connectivity index (χ1v) is 4.12. The smallest absolute Gasteiger partial charge is 0.0455 e. The quantitative estimate of drug-likeness (QED) is 0.592. The molecule has 2 rings (SSSR count). The number of rotatable bonds is 0. The Morgan fingerprint density at radius 3 is 3.45 bits per heavy atom. The molecule has 1 nitrogen and oxygen atoms in total. The summed E-state index contributed by atoms with van der Waals surface area (Å²) in [6.07, 6.45) is 2.44. The normalized spacial score (nSPS) is 22.1. The van der Waals surface area contributed by atoms with E-state index in [-0.39, 0.29) is 0 Å². The maximum atomic E-state index is 3.40. The number of benzene rings is 1. The van der Waals surface area contributed by atoms with Crippen LogP contribution in [0.1, 0.15) is 18.9 Å². The molecule has 1 radical (unpaired) electrons. The molecule has 0 saturated carbocycles. The standard InChI is InChI=1S/C10H12N/c1-8-6-7-9-4-2-3-5-10(9)11-8/h2-4,8,11H,6-7H2,1H3. The summed E-state index contributed by atoms with van der Waals surface area (Å²) in [6, 6.07) is 10.0. The fraction of sp³-hybridized carbons (Fsp3) is 0.400. The van der Waals surface area contributed by atoms with E-state index in [1.165, 1.54) is 24.1 Å². The van der Waals surface area contributed by atoms with Gasteiger partial charge >= 0.3 is 0 Å². The molecule has 1 unspecified atom stereocenters. The molecule has 1 aliphatic rings. The van der Waals surface area contributed by atoms with E-state index in [9.17, 15) is 0 Å². The molecule has 0 aliphatic carbocycles. The predicted octanol–water partition coefficient (Wildman–Crippen LogP) is 2.23. The number of hydrogen-bond donors (Lipinski definition) is 1. The van der Waals surface area contributed by atoms with E-state index in [2.05, 4.69) is 30.4 Å². The molecule has 0 bridgehead atoms. The van der Waals surface area contributed by atoms with Crippen LogP contribution in [0.25, 0.3) is 0 Å². The molecule has 1 atom stereocenters. The van der Waals surface area contributed by atoms with Crippen molar-refractivity contribution in [1.82, 2.24) is 0 Å². The maximum Gasteiger partial charge on any atom is 0.0455 e. The van der Waals surface area contributed by atoms with Crippen LogP contribution in [0.15, 0.2) is 18.2 Å². The van der Waals surface area contributed by atoms with E-state index in [4.69, 9.17) is 0 Å². The molecule has 1 heteroatoms. The molecular formula is C10H12N. The van der Waals surface area contributed by atoms with E-state index < -0.39 is 0 Å². The number of anilines is 1. The molecule has 0 fully saturated rings. The Balaban J connectivity index is 2.34. The zero-order valence-electron chi connectivity index (χ0n) is 6.72. The predicted molar refractivity (Wildman–Crippen MR) is 46.7 cm³/mol. The van der Waals surface area contributed by atoms with E-state index >= 15 is 0 Å². The van der Waals surface area contributed by atoms with Crippen molar-refractivity contribution in [2.24, 2.45) is 0 Å². The van der Waals surface area contributed by atoms with E-state index in [0.29, 0.717) is 6.04 Å². The SMILES string of the molecule is CC1CCc2ccc[c]c2N1. The van der Waals surface area contributed by atoms with Crippen LogP contribution < -0.4 is 5.32 Å². The Hall–Kier alpha value is -0.980. The van der Waals surface area contributed by atoms with Crippen molar-refractivity contribution >= 4 is 5.69 Å². The zero-order chi connectivity index (χ0) is 7.68. The summed E-state index contributed by atoms with van der Waals surface area (Å²) in [5.41, 5.74) is 2.61. The maximum absolute atomic E-state index is 3.40. The average Bonchev–Trinajstić information content (AvgIpc) is 2.04. The summed E-state index contributed by atoms with van der Waals surface area (Å²) in [5.74, 6) is 0. The molecule has 1 aliphatic heterocycles. The molecule has 1 N–H and O–H groups in total. The number of hydrogen-bond acceptors (Lipinski definition) is 1. The third kappa shape index (κ3) is 1.23. The number of para-hydroxylation sites is 1. The van der Waals surface area contributed by atoms with Crippen LogP contribution in [0.4, 0.5) is 5.69 Å². The first-order chi connectivity index (χ1) is 5.36. The molecular weight excluding hydrogens is 134 g/mol. The van der Waals surface area contributed by atoms with Gasteiger partial charge in [-0.25, -0.2) is 0 Å². The van der Waals surface area contributed by atoms with Crippen LogP contribution in [-0.2, 0) is 6.42 Å². The highest BCUT2D eigenvalue weighted by atomic mass is 14.9. The number of aryl methyl sites for hydroxylation is 1. The lowest BCUT2D eigenvalue weighted by molar-refractivity contribution is 0.681. The second kappa shape index (κ2) is 2.57. The van der Waals surface area contributed by atoms with Crippen LogP contribution in [-0.4, -0.2) is 6.04 Å². The third-order valence-corrected chi connectivity index (χ3v) is 2.18. The minimum absolute atomic E-state index is 0.612. The molecule has 0 saturated heterocycles. The van der Waals surface area contributed by atoms with Crippen LogP contribution in [0.3, 0.4) is 0 Å². The summed E-state index contributed by atoms with van der Waals surface area (Å²) in [5, 5.41) is 3.40. The van der Waals surface area contributed by atoms with Crippen LogP contribution >= 0.6 is 0 Å². The Labute approximate surface area is 67.4 Å². The molecule has 1 aromatic rings. The van der Waals surface area contributed by atoms with Gasteiger partial charge < -0.3 is 5.32 Å². The van der Waals surface area contributed by atoms with Gasteiger partial charge in [0.05, 0.1) is 0 Å². The van der Waals surface area contributed by atoms with Crippen molar-refractivity contribution in [3.63, 3.8) is 0 Å². The highest BCUT2D eigenvalue weighted by molar-refractivity contribution is 5.52. The second-order valence-corrected chi connectivity index (χ2v) is 3.15. The first-order valence-electron chi connectivity index (χ1n) is 4.12. The molecule has 0 amide bonds. The van der Waals surface area contributed by atoms with Gasteiger partial charge in [0.15, 0.2) is 0 Å². The first kappa shape index (κ1) is 6.71. The van der Waals surface area contributed by atoms with Crippen molar-refractivity contribution in [1.29, 1.82) is 0 Å². The van der Waals surface area contributed by atoms with Crippen LogP contribution in [0.5, 0.6) is 0 Å². The molecule has 1 heterocycles. The van der Waals surface area contributed by atoms with Crippen molar-refractivity contribution in [2.75, 3.05) is 5.32 Å². The number of fused-ring (bicyclic) bond motifs is 1. The molecule has 0 spiro atoms. The lowest BCUT2D eigenvalue weighted by atomic mass is 9.99. The Morgan fingerprint density at radius 1 is 1.64 bits per heavy atom. The summed E-state index contributed by atoms with van der Waals surface area (Å²) >= 11 is 0. The van der Waals surface area contributed by atoms with E-state index in [0.717, 1.165) is 0 Å². The fourth-order valence-corrected chi connectivity index (χ4v) is 1.51. The van der Waals surface area contributed by atoms with Crippen LogP contribution in [0.2, 0.25) is 0 Å². The Kier molecular flexibility index (Phi) is 1.57. The van der Waals surface area contributed by atoms with Crippen molar-refractivity contribution in [3.05, 3.63) is 29.8 Å². The van der Waals surface area contributed by atoms with Gasteiger partial charge in [0.25, 0.3) is 0 Å². The average molecular weight is 146 g/mol. The molecule has 1 aromatic carbocycles. The van der Waals surface area contributed by atoms with Gasteiger partial charge in [0, 0.05) is 17.8 Å². The summed E-state index contributed by atoms with van der Waals surface area (Å²) in [4.78, 5) is 0. The van der Waals surface area contributed by atoms with Gasteiger partial charge in [0.1, 0.15) is 0 Å². The van der Waals surface area contributed by atoms with Gasteiger partial charge in [-0.15, -0.1) is 0 Å². The minimum Gasteiger partial charge on any atom is -0.382 e. The summed E-state index contributed by atoms with van der Waals surface area (Å²) in [7, 11) is 0. The highest BCUT2D eigenvalue weighted by Crippen LogP contribution is 2.22. The van der Waals surface area contributed by atoms with Crippen LogP contribution in [0, 0.1) is 6.07 Å². The van der Waals surface area contributed by atoms with Crippen molar-refractivity contribution in [3.8, 4) is 0 Å². The Bertz CT molecular complexity index is 255. The molecule has 0 aromatic heterocycles. The van der Waals surface area contributed by atoms with Gasteiger partial charge in [-0.05, 0) is 25.3 Å². The summed E-state index contributed by atoms with van der Waals surface area (Å²) in [6.45, 7) is 2.21. The third-order valence-electron chi connectivity index (χ3n) is 2.18. The van der Waals surface area contributed by atoms with Gasteiger partial charge in [0.2, 0.25) is 0 Å². The van der Waals surface area contributed by atoms with Gasteiger partial charge in [-0.1, -0.05) is 18.2 Å². The second-order valence-electron chi connectivity index (χ2n) is 3.15. The monoisotopic (exact) mass is 146 g/mol. The van der Waals surface area contributed by atoms with E-state index in [1.54, 1.807) is 0 Å². The highest BCUT2D eigenvalue weighted by Gasteiger charge is 2.12. The minimum atomic E-state index is 0.612. The number of nitrogens with one attached hydrogen (secondary N) is 1. The van der Waals surface area contributed by atoms with Crippen molar-refractivity contribution in [2.45, 2.75) is 25.8 Å². The lowest BCUT2D eigenvalue weighted by Gasteiger charge is -2.23. The summed E-state index contributed by atoms with van der Waals surface area (Å²) < 4.78 is 0. The largest absolute Gasteiger partial charge is 0.382 e. The topological polar surface area (TPSA) is 12.0 Å². The lowest BCUT2D eigenvalue weighted by Crippen LogP contribution is -2.21. The zero-order valence-corrected chi connectivity index (χ0v) is 6.72. The Morgan fingerprint density at radius 2 is 2.55 bits per heavy atom. The van der Waals surface area contributed by atoms with E-state index in [1.807, 2.05) is 6.07 Å². The van der Waals surface area contributed by atoms with Gasteiger partial charge in [-0.2, -0.15) is 0 Å². The van der Waals surface area contributed by atoms with Crippen molar-refractivity contribution < 1.29 is 0 Å². The van der Waals surface area contributed by atoms with Gasteiger partial charge in [-0.3, -0.25) is 0 Å².